The number of urea groups is 1. The second-order valence-corrected chi connectivity index (χ2v) is 13.8. The average Bonchev–Trinajstić information content (AvgIpc) is 3.60. The Bertz CT molecular complexity index is 980. The van der Waals surface area contributed by atoms with Crippen molar-refractivity contribution < 1.29 is 38.6 Å². The van der Waals surface area contributed by atoms with Crippen LogP contribution in [0.1, 0.15) is 129 Å². The molecule has 308 valence electrons. The quantitative estimate of drug-likeness (QED) is 0.118. The first-order valence-corrected chi connectivity index (χ1v) is 19.6. The second-order valence-electron chi connectivity index (χ2n) is 13.8. The van der Waals surface area contributed by atoms with E-state index in [0.29, 0.717) is 24.3 Å². The van der Waals surface area contributed by atoms with Gasteiger partial charge in [-0.05, 0) is 50.4 Å². The zero-order valence-corrected chi connectivity index (χ0v) is 35.7. The van der Waals surface area contributed by atoms with Crippen LogP contribution < -0.4 is 16.0 Å². The molecule has 1 aliphatic rings. The molecule has 4 N–H and O–H groups in total. The Labute approximate surface area is 317 Å². The molecule has 0 aliphatic carbocycles. The highest BCUT2D eigenvalue weighted by Crippen LogP contribution is 2.25. The summed E-state index contributed by atoms with van der Waals surface area (Å²) in [6.45, 7) is 26.8. The zero-order chi connectivity index (χ0) is 41.1. The third kappa shape index (κ3) is 19.2. The number of nitrogens with one attached hydrogen (secondary N) is 3. The van der Waals surface area contributed by atoms with Crippen molar-refractivity contribution in [2.24, 2.45) is 23.7 Å². The third-order valence-corrected chi connectivity index (χ3v) is 9.76. The Morgan fingerprint density at radius 1 is 0.904 bits per heavy atom. The Hall–Kier alpha value is -2.93. The van der Waals surface area contributed by atoms with Crippen LogP contribution in [0, 0.1) is 23.7 Å². The minimum Gasteiger partial charge on any atom is -0.480 e. The van der Waals surface area contributed by atoms with Gasteiger partial charge in [0, 0.05) is 33.9 Å². The summed E-state index contributed by atoms with van der Waals surface area (Å²) < 4.78 is 11.0. The van der Waals surface area contributed by atoms with Crippen LogP contribution in [0.4, 0.5) is 4.79 Å². The lowest BCUT2D eigenvalue weighted by Gasteiger charge is -2.37. The van der Waals surface area contributed by atoms with Gasteiger partial charge in [-0.25, -0.2) is 4.79 Å². The summed E-state index contributed by atoms with van der Waals surface area (Å²) in [6, 6.07) is -1.28. The summed E-state index contributed by atoms with van der Waals surface area (Å²) in [7, 11) is 4.99. The molecule has 0 radical (unpaired) electrons. The zero-order valence-electron chi connectivity index (χ0n) is 35.7. The van der Waals surface area contributed by atoms with Crippen LogP contribution in [0.2, 0.25) is 0 Å². The molecule has 0 aromatic rings. The van der Waals surface area contributed by atoms with Crippen molar-refractivity contribution in [3.63, 3.8) is 0 Å². The highest BCUT2D eigenvalue weighted by molar-refractivity contribution is 5.85. The van der Waals surface area contributed by atoms with E-state index in [1.165, 1.54) is 20.5 Å². The number of carbonyl (C=O) groups excluding carboxylic acids is 4. The minimum absolute atomic E-state index is 0.00767. The molecule has 9 atom stereocenters. The molecule has 0 aromatic heterocycles. The van der Waals surface area contributed by atoms with Crippen molar-refractivity contribution in [1.29, 1.82) is 0 Å². The van der Waals surface area contributed by atoms with E-state index in [0.717, 1.165) is 38.5 Å². The standard InChI is InChI=1S/C21H43N3O3.C13H22N2O5.C3H8.C2H6/c1-10-15(6)20(18(12-3)27-9)24(8)19(25)13-22-21(26)23-17(11-2)16(7)14(4)5;1-8(12(17)14-9(2)13(18)19)11(20-3)10-5-4-6-15(10)7-16;1-3-2;1-2/h14-18,20H,10-13H2,1-9H3,(H2,22,23,26);7-11H,4-6H2,1-3H3,(H,14,17)(H,18,19);3H2,1-2H3;1-2H3/t15?,16-,17?,18?,20?;8?,9-,10?,11?;;/m00../s1. The number of ether oxygens (including phenoxy) is 2. The van der Waals surface area contributed by atoms with Gasteiger partial charge in [0.2, 0.25) is 18.2 Å². The first-order valence-electron chi connectivity index (χ1n) is 19.6. The summed E-state index contributed by atoms with van der Waals surface area (Å²) in [4.78, 5) is 62.1. The molecule has 13 nitrogen and oxygen atoms in total. The monoisotopic (exact) mass is 746 g/mol. The molecule has 0 spiro atoms. The number of likely N-dealkylation sites (N-methyl/N-ethyl adjacent to an activating group) is 1. The first-order chi connectivity index (χ1) is 24.5. The molecule has 1 aliphatic heterocycles. The van der Waals surface area contributed by atoms with Crippen LogP contribution in [0.3, 0.4) is 0 Å². The fourth-order valence-corrected chi connectivity index (χ4v) is 6.07. The maximum absolute atomic E-state index is 12.7. The number of amides is 5. The van der Waals surface area contributed by atoms with Crippen LogP contribution in [0.25, 0.3) is 0 Å². The van der Waals surface area contributed by atoms with Crippen molar-refractivity contribution in [2.75, 3.05) is 34.4 Å². The number of carboxylic acids is 1. The fraction of sp³-hybridized carbons (Fsp3) is 0.872. The summed E-state index contributed by atoms with van der Waals surface area (Å²) in [5, 5.41) is 17.0. The van der Waals surface area contributed by atoms with Crippen molar-refractivity contribution in [3.8, 4) is 0 Å². The normalized spacial score (nSPS) is 18.1. The molecular weight excluding hydrogens is 666 g/mol. The van der Waals surface area contributed by atoms with E-state index in [1.807, 2.05) is 13.8 Å². The van der Waals surface area contributed by atoms with Crippen molar-refractivity contribution in [1.82, 2.24) is 25.8 Å². The van der Waals surface area contributed by atoms with Crippen LogP contribution >= 0.6 is 0 Å². The summed E-state index contributed by atoms with van der Waals surface area (Å²) in [6.07, 6.45) is 5.88. The summed E-state index contributed by atoms with van der Waals surface area (Å²) >= 11 is 0. The van der Waals surface area contributed by atoms with Crippen LogP contribution in [0.5, 0.6) is 0 Å². The number of hydrogen-bond donors (Lipinski definition) is 4. The van der Waals surface area contributed by atoms with Gasteiger partial charge in [-0.1, -0.05) is 95.9 Å². The Balaban J connectivity index is -0.000000846. The van der Waals surface area contributed by atoms with Crippen molar-refractivity contribution >= 4 is 30.2 Å². The van der Waals surface area contributed by atoms with Gasteiger partial charge < -0.3 is 40.3 Å². The number of aliphatic carboxylic acids is 1. The van der Waals surface area contributed by atoms with E-state index in [1.54, 1.807) is 30.9 Å². The van der Waals surface area contributed by atoms with E-state index in [4.69, 9.17) is 14.6 Å². The number of nitrogens with zero attached hydrogens (tertiary/aromatic N) is 2. The molecule has 0 bridgehead atoms. The molecule has 1 rings (SSSR count). The van der Waals surface area contributed by atoms with Crippen LogP contribution in [-0.2, 0) is 28.7 Å². The molecule has 52 heavy (non-hydrogen) atoms. The van der Waals surface area contributed by atoms with Crippen LogP contribution in [0.15, 0.2) is 0 Å². The van der Waals surface area contributed by atoms with E-state index < -0.39 is 24.0 Å². The molecule has 1 saturated heterocycles. The first kappa shape index (κ1) is 53.4. The van der Waals surface area contributed by atoms with E-state index in [2.05, 4.69) is 78.3 Å². The van der Waals surface area contributed by atoms with Gasteiger partial charge in [0.1, 0.15) is 6.04 Å². The number of hydrogen-bond acceptors (Lipinski definition) is 7. The van der Waals surface area contributed by atoms with Gasteiger partial charge in [-0.2, -0.15) is 0 Å². The molecule has 1 heterocycles. The SMILES string of the molecule is CC.CCC.CCC(C)C(C(CC)OC)N(C)C(=O)CNC(=O)NC(CC)[C@@H](C)C(C)C.COC(C(C)C(=O)N[C@@H](C)C(=O)O)C1CCCN1C=O. The van der Waals surface area contributed by atoms with Gasteiger partial charge in [-0.15, -0.1) is 0 Å². The molecule has 0 aromatic carbocycles. The third-order valence-electron chi connectivity index (χ3n) is 9.76. The van der Waals surface area contributed by atoms with Crippen LogP contribution in [-0.4, -0.2) is 116 Å². The number of likely N-dealkylation sites (tertiary alicyclic amines) is 1. The molecule has 13 heteroatoms. The number of carbonyl (C=O) groups is 5. The second kappa shape index (κ2) is 30.5. The summed E-state index contributed by atoms with van der Waals surface area (Å²) in [5.74, 6) is -0.933. The van der Waals surface area contributed by atoms with Gasteiger partial charge in [0.25, 0.3) is 0 Å². The lowest BCUT2D eigenvalue weighted by Crippen LogP contribution is -2.53. The maximum Gasteiger partial charge on any atom is 0.325 e. The smallest absolute Gasteiger partial charge is 0.325 e. The maximum atomic E-state index is 12.7. The topological polar surface area (TPSA) is 167 Å². The Morgan fingerprint density at radius 2 is 1.46 bits per heavy atom. The van der Waals surface area contributed by atoms with Gasteiger partial charge in [-0.3, -0.25) is 19.2 Å². The molecule has 7 unspecified atom stereocenters. The molecule has 0 saturated carbocycles. The highest BCUT2D eigenvalue weighted by Gasteiger charge is 2.38. The largest absolute Gasteiger partial charge is 0.480 e. The lowest BCUT2D eigenvalue weighted by atomic mass is 9.89. The van der Waals surface area contributed by atoms with Crippen molar-refractivity contribution in [2.45, 2.75) is 165 Å². The molecule has 1 fully saturated rings. The van der Waals surface area contributed by atoms with Crippen molar-refractivity contribution in [3.05, 3.63) is 0 Å². The minimum atomic E-state index is -1.09. The predicted octanol–water partition coefficient (Wildman–Crippen LogP) is 5.94. The fourth-order valence-electron chi connectivity index (χ4n) is 6.07. The molecular formula is C39H79N5O8. The lowest BCUT2D eigenvalue weighted by molar-refractivity contribution is -0.143. The number of rotatable bonds is 19. The summed E-state index contributed by atoms with van der Waals surface area (Å²) in [5.41, 5.74) is 0. The number of methoxy groups -OCH3 is 2. The predicted molar refractivity (Wildman–Crippen MR) is 210 cm³/mol. The number of carboxylic acid groups (broad SMARTS) is 1. The molecule has 5 amide bonds. The van der Waals surface area contributed by atoms with E-state index >= 15 is 0 Å². The van der Waals surface area contributed by atoms with Gasteiger partial charge in [0.15, 0.2) is 0 Å². The Kier molecular flexibility index (Phi) is 31.4. The highest BCUT2D eigenvalue weighted by atomic mass is 16.5. The van der Waals surface area contributed by atoms with E-state index in [-0.39, 0.29) is 48.6 Å². The van der Waals surface area contributed by atoms with E-state index in [9.17, 15) is 24.0 Å². The average molecular weight is 746 g/mol. The van der Waals surface area contributed by atoms with Gasteiger partial charge >= 0.3 is 12.0 Å². The Morgan fingerprint density at radius 3 is 1.87 bits per heavy atom. The van der Waals surface area contributed by atoms with Gasteiger partial charge in [0.05, 0.1) is 36.8 Å².